The van der Waals surface area contributed by atoms with Gasteiger partial charge in [-0.15, -0.1) is 11.3 Å². The second-order valence-corrected chi connectivity index (χ2v) is 8.25. The highest BCUT2D eigenvalue weighted by molar-refractivity contribution is 7.15. The lowest BCUT2D eigenvalue weighted by Crippen LogP contribution is -2.20. The van der Waals surface area contributed by atoms with Crippen molar-refractivity contribution in [2.45, 2.75) is 59.0 Å². The molecular formula is C19H25NOS. The van der Waals surface area contributed by atoms with Gasteiger partial charge < -0.3 is 5.11 Å². The molecule has 1 aliphatic carbocycles. The number of aliphatic hydroxyl groups excluding tert-OH is 1. The van der Waals surface area contributed by atoms with E-state index in [4.69, 9.17) is 4.98 Å². The third kappa shape index (κ3) is 3.11. The molecule has 118 valence electrons. The molecule has 0 unspecified atom stereocenters. The summed E-state index contributed by atoms with van der Waals surface area (Å²) in [5.41, 5.74) is 3.73. The molecule has 0 spiro atoms. The Labute approximate surface area is 137 Å². The number of thiazole rings is 1. The average Bonchev–Trinajstić information content (AvgIpc) is 2.89. The molecule has 0 amide bonds. The summed E-state index contributed by atoms with van der Waals surface area (Å²) in [6.45, 7) is 6.93. The highest BCUT2D eigenvalue weighted by atomic mass is 32.1. The van der Waals surface area contributed by atoms with Crippen LogP contribution in [0.25, 0.3) is 10.4 Å². The van der Waals surface area contributed by atoms with Crippen LogP contribution in [0.15, 0.2) is 24.3 Å². The second-order valence-electron chi connectivity index (χ2n) is 7.22. The summed E-state index contributed by atoms with van der Waals surface area (Å²) in [6, 6.07) is 8.11. The van der Waals surface area contributed by atoms with Crippen molar-refractivity contribution in [3.05, 3.63) is 40.5 Å². The maximum absolute atomic E-state index is 9.57. The Morgan fingerprint density at radius 3 is 2.59 bits per heavy atom. The van der Waals surface area contributed by atoms with Gasteiger partial charge in [-0.25, -0.2) is 4.98 Å². The van der Waals surface area contributed by atoms with Crippen molar-refractivity contribution >= 4 is 11.3 Å². The number of rotatable bonds is 3. The Bertz CT molecular complexity index is 649. The summed E-state index contributed by atoms with van der Waals surface area (Å²) >= 11 is 1.83. The lowest BCUT2D eigenvalue weighted by molar-refractivity contribution is 0.224. The molecule has 1 heterocycles. The van der Waals surface area contributed by atoms with E-state index in [1.54, 1.807) is 0 Å². The third-order valence-corrected chi connectivity index (χ3v) is 6.29. The van der Waals surface area contributed by atoms with E-state index in [-0.39, 0.29) is 6.61 Å². The van der Waals surface area contributed by atoms with Crippen LogP contribution in [-0.4, -0.2) is 10.1 Å². The van der Waals surface area contributed by atoms with Gasteiger partial charge in [0.1, 0.15) is 0 Å². The smallest absolute Gasteiger partial charge is 0.0965 e. The quantitative estimate of drug-likeness (QED) is 0.834. The first-order chi connectivity index (χ1) is 10.5. The van der Waals surface area contributed by atoms with Gasteiger partial charge >= 0.3 is 0 Å². The van der Waals surface area contributed by atoms with Crippen LogP contribution in [0.2, 0.25) is 0 Å². The molecule has 22 heavy (non-hydrogen) atoms. The van der Waals surface area contributed by atoms with E-state index in [1.807, 2.05) is 29.5 Å². The molecule has 3 heteroatoms. The molecule has 3 rings (SSSR count). The van der Waals surface area contributed by atoms with Gasteiger partial charge in [-0.2, -0.15) is 0 Å². The summed E-state index contributed by atoms with van der Waals surface area (Å²) in [4.78, 5) is 6.10. The molecule has 1 aromatic heterocycles. The Hall–Kier alpha value is -1.19. The molecule has 0 saturated heterocycles. The normalized spacial score (nSPS) is 18.5. The molecule has 1 saturated carbocycles. The van der Waals surface area contributed by atoms with Gasteiger partial charge in [0.25, 0.3) is 0 Å². The molecule has 1 aliphatic rings. The summed E-state index contributed by atoms with van der Waals surface area (Å²) < 4.78 is 0. The molecule has 2 aromatic rings. The van der Waals surface area contributed by atoms with Gasteiger partial charge in [0.15, 0.2) is 0 Å². The highest BCUT2D eigenvalue weighted by Crippen LogP contribution is 2.45. The zero-order chi connectivity index (χ0) is 15.7. The fourth-order valence-electron chi connectivity index (χ4n) is 3.37. The summed E-state index contributed by atoms with van der Waals surface area (Å²) in [5, 5.41) is 10.9. The maximum atomic E-state index is 9.57. The van der Waals surface area contributed by atoms with Crippen molar-refractivity contribution in [1.29, 1.82) is 0 Å². The van der Waals surface area contributed by atoms with E-state index in [2.05, 4.69) is 26.8 Å². The predicted molar refractivity (Wildman–Crippen MR) is 93.2 cm³/mol. The number of nitrogens with zero attached hydrogens (tertiary/aromatic N) is 1. The largest absolute Gasteiger partial charge is 0.392 e. The number of aliphatic hydroxyl groups is 1. The van der Waals surface area contributed by atoms with Gasteiger partial charge in [0.2, 0.25) is 0 Å². The van der Waals surface area contributed by atoms with Gasteiger partial charge in [-0.3, -0.25) is 0 Å². The molecule has 0 bridgehead atoms. The summed E-state index contributed by atoms with van der Waals surface area (Å²) in [7, 11) is 0. The molecule has 0 radical (unpaired) electrons. The minimum atomic E-state index is 0.0838. The highest BCUT2D eigenvalue weighted by Gasteiger charge is 2.29. The van der Waals surface area contributed by atoms with Crippen LogP contribution in [0, 0.1) is 12.3 Å². The van der Waals surface area contributed by atoms with Crippen LogP contribution in [0.1, 0.15) is 61.7 Å². The van der Waals surface area contributed by atoms with Gasteiger partial charge in [0, 0.05) is 5.92 Å². The molecular weight excluding hydrogens is 290 g/mol. The van der Waals surface area contributed by atoms with Crippen molar-refractivity contribution in [2.24, 2.45) is 5.41 Å². The molecule has 1 aromatic carbocycles. The minimum absolute atomic E-state index is 0.0838. The molecule has 1 N–H and O–H groups in total. The summed E-state index contributed by atoms with van der Waals surface area (Å²) in [6.07, 6.45) is 5.08. The van der Waals surface area contributed by atoms with Crippen molar-refractivity contribution in [3.63, 3.8) is 0 Å². The molecule has 2 nitrogen and oxygen atoms in total. The van der Waals surface area contributed by atoms with Crippen molar-refractivity contribution in [1.82, 2.24) is 4.98 Å². The molecule has 1 fully saturated rings. The fraction of sp³-hybridized carbons (Fsp3) is 0.526. The number of hydrogen-bond acceptors (Lipinski definition) is 3. The van der Waals surface area contributed by atoms with E-state index < -0.39 is 0 Å². The van der Waals surface area contributed by atoms with Gasteiger partial charge in [0.05, 0.1) is 22.2 Å². The minimum Gasteiger partial charge on any atom is -0.392 e. The van der Waals surface area contributed by atoms with Gasteiger partial charge in [-0.1, -0.05) is 38.1 Å². The Kier molecular flexibility index (Phi) is 4.37. The first kappa shape index (κ1) is 15.7. The first-order valence-electron chi connectivity index (χ1n) is 8.16. The molecule has 0 aliphatic heterocycles. The maximum Gasteiger partial charge on any atom is 0.0965 e. The number of hydrogen-bond donors (Lipinski definition) is 1. The zero-order valence-corrected chi connectivity index (χ0v) is 14.5. The number of benzene rings is 1. The third-order valence-electron chi connectivity index (χ3n) is 4.93. The fourth-order valence-corrected chi connectivity index (χ4v) is 4.66. The van der Waals surface area contributed by atoms with E-state index >= 15 is 0 Å². The SMILES string of the molecule is Cc1nc(C2CCC(C)(C)CC2)sc1-c1ccccc1CO. The van der Waals surface area contributed by atoms with E-state index in [1.165, 1.54) is 35.6 Å². The van der Waals surface area contributed by atoms with E-state index in [9.17, 15) is 5.11 Å². The Morgan fingerprint density at radius 2 is 1.91 bits per heavy atom. The van der Waals surface area contributed by atoms with Crippen molar-refractivity contribution < 1.29 is 5.11 Å². The van der Waals surface area contributed by atoms with Crippen LogP contribution in [0.5, 0.6) is 0 Å². The Morgan fingerprint density at radius 1 is 1.23 bits per heavy atom. The van der Waals surface area contributed by atoms with Crippen LogP contribution in [0.4, 0.5) is 0 Å². The zero-order valence-electron chi connectivity index (χ0n) is 13.7. The lowest BCUT2D eigenvalue weighted by atomic mass is 9.73. The topological polar surface area (TPSA) is 33.1 Å². The van der Waals surface area contributed by atoms with Gasteiger partial charge in [-0.05, 0) is 49.1 Å². The predicted octanol–water partition coefficient (Wildman–Crippen LogP) is 5.29. The number of aryl methyl sites for hydroxylation is 1. The Balaban J connectivity index is 1.88. The standard InChI is InChI=1S/C19H25NOS/c1-13-17(16-7-5-4-6-15(16)12-21)22-18(20-13)14-8-10-19(2,3)11-9-14/h4-7,14,21H,8-12H2,1-3H3. The molecule has 0 atom stereocenters. The van der Waals surface area contributed by atoms with E-state index in [0.29, 0.717) is 11.3 Å². The van der Waals surface area contributed by atoms with Crippen LogP contribution in [0.3, 0.4) is 0 Å². The lowest BCUT2D eigenvalue weighted by Gasteiger charge is -2.33. The van der Waals surface area contributed by atoms with Crippen LogP contribution < -0.4 is 0 Å². The first-order valence-corrected chi connectivity index (χ1v) is 8.98. The number of aromatic nitrogens is 1. The van der Waals surface area contributed by atoms with Crippen molar-refractivity contribution in [2.75, 3.05) is 0 Å². The second kappa shape index (κ2) is 6.13. The van der Waals surface area contributed by atoms with Crippen LogP contribution in [-0.2, 0) is 6.61 Å². The monoisotopic (exact) mass is 315 g/mol. The van der Waals surface area contributed by atoms with Crippen LogP contribution >= 0.6 is 11.3 Å². The van der Waals surface area contributed by atoms with E-state index in [0.717, 1.165) is 16.8 Å². The van der Waals surface area contributed by atoms with Crippen molar-refractivity contribution in [3.8, 4) is 10.4 Å². The summed E-state index contributed by atoms with van der Waals surface area (Å²) in [5.74, 6) is 0.617. The average molecular weight is 315 g/mol.